The van der Waals surface area contributed by atoms with Gasteiger partial charge in [-0.3, -0.25) is 4.79 Å². The number of nitrogens with zero attached hydrogens (tertiary/aromatic N) is 2. The Morgan fingerprint density at radius 3 is 2.24 bits per heavy atom. The maximum Gasteiger partial charge on any atom is 0.278 e. The van der Waals surface area contributed by atoms with Gasteiger partial charge < -0.3 is 9.47 Å². The molecule has 2 aromatic rings. The summed E-state index contributed by atoms with van der Waals surface area (Å²) in [5.41, 5.74) is 1.73. The number of rotatable bonds is 3. The first kappa shape index (κ1) is 11.8. The minimum Gasteiger partial charge on any atom is -0.477 e. The normalized spacial score (nSPS) is 10.3. The quantitative estimate of drug-likeness (QED) is 0.813. The van der Waals surface area contributed by atoms with E-state index in [0.717, 1.165) is 0 Å². The number of aromatic nitrogens is 2. The largest absolute Gasteiger partial charge is 0.477 e. The summed E-state index contributed by atoms with van der Waals surface area (Å²) in [5, 5.41) is 0. The van der Waals surface area contributed by atoms with Crippen molar-refractivity contribution in [3.63, 3.8) is 0 Å². The van der Waals surface area contributed by atoms with E-state index in [4.69, 9.17) is 9.47 Å². The van der Waals surface area contributed by atoms with Gasteiger partial charge in [-0.2, -0.15) is 0 Å². The van der Waals surface area contributed by atoms with Crippen molar-refractivity contribution in [1.29, 1.82) is 0 Å². The molecular weight excluding hydrogens is 288 g/mol. The fourth-order valence-electron chi connectivity index (χ4n) is 1.41. The van der Waals surface area contributed by atoms with Gasteiger partial charge >= 0.3 is 0 Å². The highest BCUT2D eigenvalue weighted by molar-refractivity contribution is 9.18. The van der Waals surface area contributed by atoms with E-state index in [0.29, 0.717) is 28.4 Å². The Balaban J connectivity index is 2.66. The summed E-state index contributed by atoms with van der Waals surface area (Å²) in [6, 6.07) is 5.01. The third-order valence-electron chi connectivity index (χ3n) is 2.22. The number of benzene rings is 1. The Bertz CT molecular complexity index is 586. The van der Waals surface area contributed by atoms with Gasteiger partial charge in [0.2, 0.25) is 4.69 Å². The van der Waals surface area contributed by atoms with E-state index in [2.05, 4.69) is 25.9 Å². The maximum absolute atomic E-state index is 11.2. The second kappa shape index (κ2) is 4.67. The standard InChI is InChI=1S/C11H9BrN2O3/c1-16-10-11(17-2)14-8-5-6(9(12)15)3-4-7(8)13-10/h3-5H,1-2H3. The molecule has 17 heavy (non-hydrogen) atoms. The molecule has 1 heterocycles. The van der Waals surface area contributed by atoms with Crippen LogP contribution in [0, 0.1) is 0 Å². The fourth-order valence-corrected chi connectivity index (χ4v) is 1.66. The Morgan fingerprint density at radius 1 is 1.12 bits per heavy atom. The minimum atomic E-state index is -0.198. The lowest BCUT2D eigenvalue weighted by Crippen LogP contribution is -1.98. The number of hydrogen-bond donors (Lipinski definition) is 0. The zero-order valence-electron chi connectivity index (χ0n) is 9.23. The van der Waals surface area contributed by atoms with Crippen molar-refractivity contribution in [3.8, 4) is 11.8 Å². The van der Waals surface area contributed by atoms with Crippen molar-refractivity contribution >= 4 is 31.7 Å². The summed E-state index contributed by atoms with van der Waals surface area (Å²) in [6.07, 6.45) is 0. The van der Waals surface area contributed by atoms with Gasteiger partial charge in [0.15, 0.2) is 0 Å². The molecule has 0 unspecified atom stereocenters. The van der Waals surface area contributed by atoms with Crippen LogP contribution in [0.3, 0.4) is 0 Å². The van der Waals surface area contributed by atoms with E-state index in [1.807, 2.05) is 0 Å². The zero-order chi connectivity index (χ0) is 12.4. The predicted molar refractivity (Wildman–Crippen MR) is 65.9 cm³/mol. The molecule has 6 heteroatoms. The van der Waals surface area contributed by atoms with Crippen LogP contribution >= 0.6 is 15.9 Å². The van der Waals surface area contributed by atoms with Crippen molar-refractivity contribution in [2.45, 2.75) is 0 Å². The fraction of sp³-hybridized carbons (Fsp3) is 0.182. The molecule has 0 aliphatic carbocycles. The number of methoxy groups -OCH3 is 2. The van der Waals surface area contributed by atoms with Gasteiger partial charge in [-0.05, 0) is 34.1 Å². The molecule has 0 saturated heterocycles. The van der Waals surface area contributed by atoms with Crippen LogP contribution in [0.25, 0.3) is 11.0 Å². The van der Waals surface area contributed by atoms with Gasteiger partial charge in [-0.1, -0.05) is 0 Å². The van der Waals surface area contributed by atoms with Crippen LogP contribution in [0.4, 0.5) is 0 Å². The molecule has 1 aromatic carbocycles. The van der Waals surface area contributed by atoms with Crippen LogP contribution in [-0.2, 0) is 0 Å². The average molecular weight is 297 g/mol. The Labute approximate surface area is 106 Å². The molecule has 88 valence electrons. The average Bonchev–Trinajstić information content (AvgIpc) is 2.36. The highest BCUT2D eigenvalue weighted by Crippen LogP contribution is 2.25. The third kappa shape index (κ3) is 2.21. The zero-order valence-corrected chi connectivity index (χ0v) is 10.8. The van der Waals surface area contributed by atoms with E-state index in [-0.39, 0.29) is 4.69 Å². The van der Waals surface area contributed by atoms with Crippen LogP contribution in [0.1, 0.15) is 10.4 Å². The van der Waals surface area contributed by atoms with Crippen LogP contribution in [0.2, 0.25) is 0 Å². The van der Waals surface area contributed by atoms with E-state index in [1.165, 1.54) is 14.2 Å². The van der Waals surface area contributed by atoms with Crippen molar-refractivity contribution in [2.75, 3.05) is 14.2 Å². The molecule has 0 radical (unpaired) electrons. The van der Waals surface area contributed by atoms with Gasteiger partial charge in [-0.25, -0.2) is 9.97 Å². The van der Waals surface area contributed by atoms with Gasteiger partial charge in [0, 0.05) is 5.56 Å². The monoisotopic (exact) mass is 296 g/mol. The Morgan fingerprint density at radius 2 is 1.71 bits per heavy atom. The number of ether oxygens (including phenoxy) is 2. The van der Waals surface area contributed by atoms with Gasteiger partial charge in [0.1, 0.15) is 0 Å². The highest BCUT2D eigenvalue weighted by atomic mass is 79.9. The van der Waals surface area contributed by atoms with Crippen LogP contribution in [-0.4, -0.2) is 28.9 Å². The highest BCUT2D eigenvalue weighted by Gasteiger charge is 2.11. The second-order valence-corrected chi connectivity index (χ2v) is 3.94. The van der Waals surface area contributed by atoms with Crippen molar-refractivity contribution in [2.24, 2.45) is 0 Å². The van der Waals surface area contributed by atoms with Crippen LogP contribution < -0.4 is 9.47 Å². The van der Waals surface area contributed by atoms with Crippen LogP contribution in [0.5, 0.6) is 11.8 Å². The SMILES string of the molecule is COc1nc2ccc(C(=O)Br)cc2nc1OC. The molecule has 0 aliphatic heterocycles. The van der Waals surface area contributed by atoms with E-state index in [9.17, 15) is 4.79 Å². The molecule has 0 saturated carbocycles. The molecule has 1 aromatic heterocycles. The molecule has 0 fully saturated rings. The molecule has 5 nitrogen and oxygen atoms in total. The summed E-state index contributed by atoms with van der Waals surface area (Å²) < 4.78 is 9.90. The van der Waals surface area contributed by atoms with Gasteiger partial charge in [0.05, 0.1) is 25.3 Å². The maximum atomic E-state index is 11.2. The van der Waals surface area contributed by atoms with Crippen molar-refractivity contribution in [1.82, 2.24) is 9.97 Å². The molecule has 0 bridgehead atoms. The first-order chi connectivity index (χ1) is 8.15. The Kier molecular flexibility index (Phi) is 3.23. The molecule has 0 spiro atoms. The van der Waals surface area contributed by atoms with Gasteiger partial charge in [-0.15, -0.1) is 0 Å². The van der Waals surface area contributed by atoms with Crippen molar-refractivity contribution < 1.29 is 14.3 Å². The lowest BCUT2D eigenvalue weighted by molar-refractivity contribution is 0.109. The Hall–Kier alpha value is -1.69. The lowest BCUT2D eigenvalue weighted by Gasteiger charge is -2.06. The molecule has 0 aliphatic rings. The molecule has 0 atom stereocenters. The van der Waals surface area contributed by atoms with E-state index >= 15 is 0 Å². The molecule has 2 rings (SSSR count). The van der Waals surface area contributed by atoms with Gasteiger partial charge in [0.25, 0.3) is 11.8 Å². The number of carbonyl (C=O) groups is 1. The summed E-state index contributed by atoms with van der Waals surface area (Å²) in [4.78, 5) is 19.6. The molecular formula is C11H9BrN2O3. The molecule has 0 amide bonds. The number of hydrogen-bond acceptors (Lipinski definition) is 5. The summed E-state index contributed by atoms with van der Waals surface area (Å²) in [7, 11) is 2.98. The van der Waals surface area contributed by atoms with Crippen LogP contribution in [0.15, 0.2) is 18.2 Å². The number of fused-ring (bicyclic) bond motifs is 1. The molecule has 0 N–H and O–H groups in total. The first-order valence-electron chi connectivity index (χ1n) is 4.75. The number of halogens is 1. The topological polar surface area (TPSA) is 61.3 Å². The van der Waals surface area contributed by atoms with E-state index < -0.39 is 0 Å². The van der Waals surface area contributed by atoms with Crippen molar-refractivity contribution in [3.05, 3.63) is 23.8 Å². The summed E-state index contributed by atoms with van der Waals surface area (Å²) in [5.74, 6) is 0.608. The third-order valence-corrected chi connectivity index (χ3v) is 2.67. The first-order valence-corrected chi connectivity index (χ1v) is 5.54. The van der Waals surface area contributed by atoms with E-state index in [1.54, 1.807) is 18.2 Å². The lowest BCUT2D eigenvalue weighted by atomic mass is 10.2. The summed E-state index contributed by atoms with van der Waals surface area (Å²) in [6.45, 7) is 0. The predicted octanol–water partition coefficient (Wildman–Crippen LogP) is 2.18. The second-order valence-electron chi connectivity index (χ2n) is 3.22. The summed E-state index contributed by atoms with van der Waals surface area (Å²) >= 11 is 2.89. The number of carbonyl (C=O) groups excluding carboxylic acids is 1. The smallest absolute Gasteiger partial charge is 0.278 e. The minimum absolute atomic E-state index is 0.198.